The maximum atomic E-state index is 11.6. The third kappa shape index (κ3) is 3.97. The van der Waals surface area contributed by atoms with E-state index in [0.717, 1.165) is 5.56 Å². The molecule has 0 aliphatic heterocycles. The molecular formula is C15H20N2O3. The molecule has 5 nitrogen and oxygen atoms in total. The Kier molecular flexibility index (Phi) is 6.01. The molecule has 0 aromatic heterocycles. The molecule has 1 aromatic rings. The van der Waals surface area contributed by atoms with Crippen LogP contribution in [0.2, 0.25) is 0 Å². The minimum absolute atomic E-state index is 0.128. The smallest absolute Gasteiger partial charge is 0.323 e. The Bertz CT molecular complexity index is 506. The summed E-state index contributed by atoms with van der Waals surface area (Å²) in [5.74, 6) is 0.384. The highest BCUT2D eigenvalue weighted by molar-refractivity contribution is 5.75. The number of esters is 1. The number of carbonyl (C=O) groups is 1. The topological polar surface area (TPSA) is 71.3 Å². The standard InChI is InChI=1S/C15H20N2O3/c1-10(2)14(15(18)20-4)17-9-11-5-6-12(8-16)13(7-11)19-3/h5-7,10,14,17H,9H2,1-4H3. The number of carbonyl (C=O) groups excluding carboxylic acids is 1. The average molecular weight is 276 g/mol. The zero-order chi connectivity index (χ0) is 15.1. The zero-order valence-electron chi connectivity index (χ0n) is 12.3. The first-order valence-corrected chi connectivity index (χ1v) is 6.41. The van der Waals surface area contributed by atoms with Crippen LogP contribution in [0.15, 0.2) is 18.2 Å². The van der Waals surface area contributed by atoms with E-state index in [2.05, 4.69) is 11.4 Å². The number of hydrogen-bond donors (Lipinski definition) is 1. The van der Waals surface area contributed by atoms with Gasteiger partial charge in [0.05, 0.1) is 19.8 Å². The Labute approximate surface area is 119 Å². The predicted octanol–water partition coefficient (Wildman–Crippen LogP) is 1.85. The van der Waals surface area contributed by atoms with E-state index in [4.69, 9.17) is 14.7 Å². The summed E-state index contributed by atoms with van der Waals surface area (Å²) in [6, 6.07) is 7.04. The number of ether oxygens (including phenoxy) is 2. The Morgan fingerprint density at radius 2 is 2.10 bits per heavy atom. The molecule has 0 fully saturated rings. The Balaban J connectivity index is 2.79. The number of methoxy groups -OCH3 is 2. The molecule has 0 radical (unpaired) electrons. The molecule has 0 aliphatic rings. The van der Waals surface area contributed by atoms with Gasteiger partial charge in [0.1, 0.15) is 17.9 Å². The van der Waals surface area contributed by atoms with Crippen molar-refractivity contribution in [2.24, 2.45) is 5.92 Å². The van der Waals surface area contributed by atoms with Crippen molar-refractivity contribution in [3.05, 3.63) is 29.3 Å². The van der Waals surface area contributed by atoms with E-state index in [1.165, 1.54) is 14.2 Å². The second kappa shape index (κ2) is 7.51. The molecular weight excluding hydrogens is 256 g/mol. The molecule has 0 bridgehead atoms. The van der Waals surface area contributed by atoms with Gasteiger partial charge < -0.3 is 14.8 Å². The molecule has 20 heavy (non-hydrogen) atoms. The summed E-state index contributed by atoms with van der Waals surface area (Å²) in [5.41, 5.74) is 1.43. The largest absolute Gasteiger partial charge is 0.495 e. The monoisotopic (exact) mass is 276 g/mol. The summed E-state index contributed by atoms with van der Waals surface area (Å²) in [6.45, 7) is 4.40. The lowest BCUT2D eigenvalue weighted by Gasteiger charge is -2.20. The lowest BCUT2D eigenvalue weighted by molar-refractivity contribution is -0.144. The summed E-state index contributed by atoms with van der Waals surface area (Å²) < 4.78 is 9.93. The summed E-state index contributed by atoms with van der Waals surface area (Å²) >= 11 is 0. The molecule has 1 aromatic carbocycles. The minimum Gasteiger partial charge on any atom is -0.495 e. The van der Waals surface area contributed by atoms with E-state index in [1.807, 2.05) is 19.9 Å². The molecule has 1 unspecified atom stereocenters. The van der Waals surface area contributed by atoms with Crippen LogP contribution in [0.5, 0.6) is 5.75 Å². The quantitative estimate of drug-likeness (QED) is 0.803. The van der Waals surface area contributed by atoms with Crippen LogP contribution >= 0.6 is 0 Å². The van der Waals surface area contributed by atoms with Crippen LogP contribution in [0.3, 0.4) is 0 Å². The molecule has 0 saturated carbocycles. The van der Waals surface area contributed by atoms with Crippen molar-refractivity contribution >= 4 is 5.97 Å². The van der Waals surface area contributed by atoms with Gasteiger partial charge >= 0.3 is 5.97 Å². The highest BCUT2D eigenvalue weighted by Crippen LogP contribution is 2.19. The van der Waals surface area contributed by atoms with Crippen molar-refractivity contribution in [1.29, 1.82) is 5.26 Å². The van der Waals surface area contributed by atoms with Crippen LogP contribution in [0, 0.1) is 17.2 Å². The summed E-state index contributed by atoms with van der Waals surface area (Å²) in [7, 11) is 2.91. The average Bonchev–Trinajstić information content (AvgIpc) is 2.46. The van der Waals surface area contributed by atoms with Crippen LogP contribution < -0.4 is 10.1 Å². The summed E-state index contributed by atoms with van der Waals surface area (Å²) in [4.78, 5) is 11.6. The maximum Gasteiger partial charge on any atom is 0.323 e. The summed E-state index contributed by atoms with van der Waals surface area (Å²) in [6.07, 6.45) is 0. The highest BCUT2D eigenvalue weighted by atomic mass is 16.5. The second-order valence-electron chi connectivity index (χ2n) is 4.77. The normalized spacial score (nSPS) is 11.8. The van der Waals surface area contributed by atoms with Gasteiger partial charge in [-0.25, -0.2) is 0 Å². The Hall–Kier alpha value is -2.06. The number of rotatable bonds is 6. The fourth-order valence-corrected chi connectivity index (χ4v) is 1.88. The lowest BCUT2D eigenvalue weighted by Crippen LogP contribution is -2.41. The third-order valence-corrected chi connectivity index (χ3v) is 3.03. The molecule has 108 valence electrons. The number of nitrogens with one attached hydrogen (secondary N) is 1. The Morgan fingerprint density at radius 1 is 1.40 bits per heavy atom. The molecule has 0 amide bonds. The minimum atomic E-state index is -0.360. The first-order valence-electron chi connectivity index (χ1n) is 6.41. The van der Waals surface area contributed by atoms with Gasteiger partial charge in [0.15, 0.2) is 0 Å². The molecule has 0 aliphatic carbocycles. The van der Waals surface area contributed by atoms with E-state index in [0.29, 0.717) is 17.9 Å². The number of benzene rings is 1. The van der Waals surface area contributed by atoms with Crippen LogP contribution in [0.25, 0.3) is 0 Å². The van der Waals surface area contributed by atoms with Gasteiger partial charge in [-0.3, -0.25) is 4.79 Å². The maximum absolute atomic E-state index is 11.6. The van der Waals surface area contributed by atoms with E-state index in [9.17, 15) is 4.79 Å². The summed E-state index contributed by atoms with van der Waals surface area (Å²) in [5, 5.41) is 12.1. The van der Waals surface area contributed by atoms with Crippen molar-refractivity contribution in [2.45, 2.75) is 26.4 Å². The molecule has 0 heterocycles. The van der Waals surface area contributed by atoms with E-state index < -0.39 is 0 Å². The third-order valence-electron chi connectivity index (χ3n) is 3.03. The van der Waals surface area contributed by atoms with Gasteiger partial charge in [-0.05, 0) is 23.6 Å². The van der Waals surface area contributed by atoms with Crippen LogP contribution in [0.4, 0.5) is 0 Å². The van der Waals surface area contributed by atoms with Gasteiger partial charge in [0.2, 0.25) is 0 Å². The number of nitrogens with zero attached hydrogens (tertiary/aromatic N) is 1. The number of nitriles is 1. The fraction of sp³-hybridized carbons (Fsp3) is 0.467. The van der Waals surface area contributed by atoms with Crippen LogP contribution in [-0.4, -0.2) is 26.2 Å². The van der Waals surface area contributed by atoms with Gasteiger partial charge in [0.25, 0.3) is 0 Å². The molecule has 1 N–H and O–H groups in total. The first-order chi connectivity index (χ1) is 9.53. The van der Waals surface area contributed by atoms with Crippen molar-refractivity contribution in [1.82, 2.24) is 5.32 Å². The van der Waals surface area contributed by atoms with Crippen LogP contribution in [0.1, 0.15) is 25.0 Å². The SMILES string of the molecule is COC(=O)C(NCc1ccc(C#N)c(OC)c1)C(C)C. The van der Waals surface area contributed by atoms with Crippen LogP contribution in [-0.2, 0) is 16.1 Å². The van der Waals surface area contributed by atoms with Gasteiger partial charge in [-0.15, -0.1) is 0 Å². The van der Waals surface area contributed by atoms with Crippen molar-refractivity contribution in [2.75, 3.05) is 14.2 Å². The molecule has 1 atom stereocenters. The number of hydrogen-bond acceptors (Lipinski definition) is 5. The van der Waals surface area contributed by atoms with E-state index >= 15 is 0 Å². The lowest BCUT2D eigenvalue weighted by atomic mass is 10.0. The molecule has 1 rings (SSSR count). The molecule has 0 spiro atoms. The second-order valence-corrected chi connectivity index (χ2v) is 4.77. The molecule has 0 saturated heterocycles. The van der Waals surface area contributed by atoms with Crippen molar-refractivity contribution in [3.8, 4) is 11.8 Å². The van der Waals surface area contributed by atoms with Crippen molar-refractivity contribution in [3.63, 3.8) is 0 Å². The van der Waals surface area contributed by atoms with Crippen molar-refractivity contribution < 1.29 is 14.3 Å². The van der Waals surface area contributed by atoms with Gasteiger partial charge in [0, 0.05) is 6.54 Å². The highest BCUT2D eigenvalue weighted by Gasteiger charge is 2.22. The first kappa shape index (κ1) is 16.0. The fourth-order valence-electron chi connectivity index (χ4n) is 1.88. The predicted molar refractivity (Wildman–Crippen MR) is 75.2 cm³/mol. The van der Waals surface area contributed by atoms with E-state index in [-0.39, 0.29) is 17.9 Å². The van der Waals surface area contributed by atoms with Gasteiger partial charge in [-0.2, -0.15) is 5.26 Å². The Morgan fingerprint density at radius 3 is 2.60 bits per heavy atom. The van der Waals surface area contributed by atoms with Gasteiger partial charge in [-0.1, -0.05) is 19.9 Å². The molecule has 5 heteroatoms. The zero-order valence-corrected chi connectivity index (χ0v) is 12.3. The van der Waals surface area contributed by atoms with E-state index in [1.54, 1.807) is 12.1 Å².